The van der Waals surface area contributed by atoms with Gasteiger partial charge in [0, 0.05) is 20.1 Å². The van der Waals surface area contributed by atoms with E-state index in [1.165, 1.54) is 5.56 Å². The van der Waals surface area contributed by atoms with Gasteiger partial charge >= 0.3 is 0 Å². The van der Waals surface area contributed by atoms with Crippen LogP contribution >= 0.6 is 24.0 Å². The average Bonchev–Trinajstić information content (AvgIpc) is 3.19. The van der Waals surface area contributed by atoms with Crippen LogP contribution in [0.1, 0.15) is 18.1 Å². The van der Waals surface area contributed by atoms with Gasteiger partial charge < -0.3 is 29.6 Å². The molecule has 2 aromatic carbocycles. The van der Waals surface area contributed by atoms with Crippen LogP contribution < -0.4 is 29.6 Å². The highest BCUT2D eigenvalue weighted by molar-refractivity contribution is 14.0. The van der Waals surface area contributed by atoms with Crippen molar-refractivity contribution in [1.29, 1.82) is 0 Å². The van der Waals surface area contributed by atoms with Crippen molar-refractivity contribution in [2.75, 3.05) is 34.1 Å². The zero-order valence-corrected chi connectivity index (χ0v) is 19.3. The number of hydrogen-bond acceptors (Lipinski definition) is 5. The van der Waals surface area contributed by atoms with Gasteiger partial charge in [0.05, 0.1) is 13.7 Å². The summed E-state index contributed by atoms with van der Waals surface area (Å²) >= 11 is 0. The smallest absolute Gasteiger partial charge is 0.231 e. The van der Waals surface area contributed by atoms with Crippen LogP contribution in [0.3, 0.4) is 0 Å². The molecule has 3 rings (SSSR count). The van der Waals surface area contributed by atoms with Crippen LogP contribution in [0, 0.1) is 0 Å². The molecule has 0 fully saturated rings. The second-order valence-corrected chi connectivity index (χ2v) is 6.21. The van der Waals surface area contributed by atoms with E-state index in [9.17, 15) is 0 Å². The molecule has 7 nitrogen and oxygen atoms in total. The Balaban J connectivity index is 0.00000300. The number of methoxy groups -OCH3 is 1. The maximum atomic E-state index is 5.63. The number of nitrogens with zero attached hydrogens (tertiary/aromatic N) is 1. The molecule has 0 unspecified atom stereocenters. The number of ether oxygens (including phenoxy) is 4. The molecule has 1 aliphatic rings. The van der Waals surface area contributed by atoms with Crippen molar-refractivity contribution in [3.63, 3.8) is 0 Å². The summed E-state index contributed by atoms with van der Waals surface area (Å²) in [6.45, 7) is 4.23. The molecule has 0 saturated carbocycles. The van der Waals surface area contributed by atoms with E-state index >= 15 is 0 Å². The highest BCUT2D eigenvalue weighted by Gasteiger charge is 2.13. The summed E-state index contributed by atoms with van der Waals surface area (Å²) in [5, 5.41) is 6.65. The van der Waals surface area contributed by atoms with Gasteiger partial charge in [0.1, 0.15) is 0 Å². The number of rotatable bonds is 8. The summed E-state index contributed by atoms with van der Waals surface area (Å²) in [6, 6.07) is 11.9. The SMILES string of the molecule is CCOc1cc(CNC(=NC)NCCc2ccc3c(c2)OCO3)ccc1OC.I. The van der Waals surface area contributed by atoms with E-state index in [0.717, 1.165) is 47.5 Å². The van der Waals surface area contributed by atoms with E-state index in [1.54, 1.807) is 14.2 Å². The van der Waals surface area contributed by atoms with E-state index in [2.05, 4.69) is 21.7 Å². The lowest BCUT2D eigenvalue weighted by molar-refractivity contribution is 0.174. The zero-order valence-electron chi connectivity index (χ0n) is 17.0. The molecule has 0 spiro atoms. The highest BCUT2D eigenvalue weighted by atomic mass is 127. The minimum Gasteiger partial charge on any atom is -0.493 e. The van der Waals surface area contributed by atoms with Crippen LogP contribution in [0.25, 0.3) is 0 Å². The van der Waals surface area contributed by atoms with Crippen LogP contribution in [0.5, 0.6) is 23.0 Å². The van der Waals surface area contributed by atoms with Gasteiger partial charge in [-0.25, -0.2) is 0 Å². The second kappa shape index (κ2) is 11.6. The van der Waals surface area contributed by atoms with Crippen molar-refractivity contribution in [2.24, 2.45) is 4.99 Å². The number of halogens is 1. The lowest BCUT2D eigenvalue weighted by atomic mass is 10.1. The quantitative estimate of drug-likeness (QED) is 0.321. The molecule has 1 aliphatic heterocycles. The molecule has 0 atom stereocenters. The van der Waals surface area contributed by atoms with Crippen LogP contribution in [0.2, 0.25) is 0 Å². The fourth-order valence-corrected chi connectivity index (χ4v) is 2.93. The highest BCUT2D eigenvalue weighted by Crippen LogP contribution is 2.32. The first kappa shape index (κ1) is 22.9. The molecule has 0 amide bonds. The van der Waals surface area contributed by atoms with E-state index in [4.69, 9.17) is 18.9 Å². The average molecular weight is 513 g/mol. The Morgan fingerprint density at radius 1 is 1.03 bits per heavy atom. The predicted molar refractivity (Wildman–Crippen MR) is 124 cm³/mol. The summed E-state index contributed by atoms with van der Waals surface area (Å²) < 4.78 is 21.7. The molecule has 0 radical (unpaired) electrons. The maximum absolute atomic E-state index is 5.63. The standard InChI is InChI=1S/C21H27N3O4.HI/c1-4-26-19-12-16(6-7-17(19)25-3)13-24-21(22-2)23-10-9-15-5-8-18-20(11-15)28-14-27-18;/h5-8,11-12H,4,9-10,13-14H2,1-3H3,(H2,22,23,24);1H. The molecule has 0 aromatic heterocycles. The minimum absolute atomic E-state index is 0. The monoisotopic (exact) mass is 513 g/mol. The molecule has 29 heavy (non-hydrogen) atoms. The molecule has 0 aliphatic carbocycles. The molecule has 8 heteroatoms. The molecule has 158 valence electrons. The summed E-state index contributed by atoms with van der Waals surface area (Å²) in [4.78, 5) is 4.28. The van der Waals surface area contributed by atoms with E-state index in [-0.39, 0.29) is 24.0 Å². The Morgan fingerprint density at radius 3 is 2.59 bits per heavy atom. The number of benzene rings is 2. The summed E-state index contributed by atoms with van der Waals surface area (Å²) in [5.74, 6) is 3.84. The lowest BCUT2D eigenvalue weighted by Crippen LogP contribution is -2.37. The van der Waals surface area contributed by atoms with E-state index < -0.39 is 0 Å². The van der Waals surface area contributed by atoms with Gasteiger partial charge in [0.2, 0.25) is 6.79 Å². The van der Waals surface area contributed by atoms with Gasteiger partial charge in [-0.05, 0) is 48.7 Å². The molecular formula is C21H28IN3O4. The van der Waals surface area contributed by atoms with E-state index in [1.807, 2.05) is 37.3 Å². The molecule has 0 bridgehead atoms. The van der Waals surface area contributed by atoms with Crippen molar-refractivity contribution in [2.45, 2.75) is 19.9 Å². The van der Waals surface area contributed by atoms with Gasteiger partial charge in [-0.1, -0.05) is 12.1 Å². The first-order chi connectivity index (χ1) is 13.7. The summed E-state index contributed by atoms with van der Waals surface area (Å²) in [6.07, 6.45) is 0.856. The van der Waals surface area contributed by atoms with Crippen molar-refractivity contribution in [1.82, 2.24) is 10.6 Å². The number of fused-ring (bicyclic) bond motifs is 1. The summed E-state index contributed by atoms with van der Waals surface area (Å²) in [5.41, 5.74) is 2.27. The first-order valence-corrected chi connectivity index (χ1v) is 9.36. The third-order valence-corrected chi connectivity index (χ3v) is 4.35. The van der Waals surface area contributed by atoms with Crippen LogP contribution in [0.4, 0.5) is 0 Å². The lowest BCUT2D eigenvalue weighted by Gasteiger charge is -2.14. The molecule has 1 heterocycles. The van der Waals surface area contributed by atoms with Gasteiger partial charge in [-0.3, -0.25) is 4.99 Å². The number of nitrogens with one attached hydrogen (secondary N) is 2. The first-order valence-electron chi connectivity index (χ1n) is 9.36. The van der Waals surface area contributed by atoms with Crippen LogP contribution in [0.15, 0.2) is 41.4 Å². The minimum atomic E-state index is 0. The Kier molecular flexibility index (Phi) is 9.17. The number of aliphatic imine (C=N–C) groups is 1. The Morgan fingerprint density at radius 2 is 1.83 bits per heavy atom. The normalized spacial score (nSPS) is 12.2. The third-order valence-electron chi connectivity index (χ3n) is 4.35. The third kappa shape index (κ3) is 6.31. The Bertz CT molecular complexity index is 830. The van der Waals surface area contributed by atoms with Crippen molar-refractivity contribution >= 4 is 29.9 Å². The van der Waals surface area contributed by atoms with Gasteiger partial charge in [-0.2, -0.15) is 0 Å². The topological polar surface area (TPSA) is 73.3 Å². The number of hydrogen-bond donors (Lipinski definition) is 2. The van der Waals surface area contributed by atoms with Crippen molar-refractivity contribution in [3.05, 3.63) is 47.5 Å². The molecule has 0 saturated heterocycles. The Hall–Kier alpha value is -2.36. The molecule has 2 aromatic rings. The van der Waals surface area contributed by atoms with Crippen LogP contribution in [-0.4, -0.2) is 40.1 Å². The zero-order chi connectivity index (χ0) is 19.8. The van der Waals surface area contributed by atoms with Crippen LogP contribution in [-0.2, 0) is 13.0 Å². The number of guanidine groups is 1. The Labute approximate surface area is 188 Å². The van der Waals surface area contributed by atoms with Gasteiger partial charge in [-0.15, -0.1) is 24.0 Å². The second-order valence-electron chi connectivity index (χ2n) is 6.21. The molecule has 2 N–H and O–H groups in total. The van der Waals surface area contributed by atoms with Crippen molar-refractivity contribution in [3.8, 4) is 23.0 Å². The van der Waals surface area contributed by atoms with Crippen molar-refractivity contribution < 1.29 is 18.9 Å². The maximum Gasteiger partial charge on any atom is 0.231 e. The molecular weight excluding hydrogens is 485 g/mol. The summed E-state index contributed by atoms with van der Waals surface area (Å²) in [7, 11) is 3.40. The van der Waals surface area contributed by atoms with Gasteiger partial charge in [0.15, 0.2) is 29.0 Å². The van der Waals surface area contributed by atoms with Gasteiger partial charge in [0.25, 0.3) is 0 Å². The fourth-order valence-electron chi connectivity index (χ4n) is 2.93. The predicted octanol–water partition coefficient (Wildman–Crippen LogP) is 3.35. The largest absolute Gasteiger partial charge is 0.493 e. The fraction of sp³-hybridized carbons (Fsp3) is 0.381. The van der Waals surface area contributed by atoms with E-state index in [0.29, 0.717) is 19.9 Å².